The fourth-order valence-corrected chi connectivity index (χ4v) is 3.19. The number of rotatable bonds is 3. The molecule has 1 aliphatic rings. The molecule has 0 amide bonds. The minimum Gasteiger partial charge on any atom is -0.497 e. The van der Waals surface area contributed by atoms with Crippen molar-refractivity contribution < 1.29 is 9.53 Å². The van der Waals surface area contributed by atoms with Crippen LogP contribution >= 0.6 is 11.3 Å². The second-order valence-corrected chi connectivity index (χ2v) is 5.60. The molecule has 0 spiro atoms. The van der Waals surface area contributed by atoms with Crippen molar-refractivity contribution in [3.05, 3.63) is 58.9 Å². The van der Waals surface area contributed by atoms with E-state index < -0.39 is 0 Å². The average Bonchev–Trinajstić information content (AvgIpc) is 3.01. The molecule has 1 aliphatic heterocycles. The normalized spacial score (nSPS) is 18.4. The Balaban J connectivity index is 1.95. The van der Waals surface area contributed by atoms with E-state index in [0.29, 0.717) is 6.42 Å². The highest BCUT2D eigenvalue weighted by atomic mass is 32.1. The van der Waals surface area contributed by atoms with Crippen LogP contribution in [0.25, 0.3) is 0 Å². The van der Waals surface area contributed by atoms with Gasteiger partial charge in [-0.1, -0.05) is 6.07 Å². The Kier molecular flexibility index (Phi) is 3.56. The summed E-state index contributed by atoms with van der Waals surface area (Å²) in [5.41, 5.74) is 1.06. The van der Waals surface area contributed by atoms with Crippen LogP contribution in [0.1, 0.15) is 17.3 Å². The van der Waals surface area contributed by atoms with Crippen LogP contribution in [-0.2, 0) is 4.79 Å². The number of carbonyl (C=O) groups is 1. The van der Waals surface area contributed by atoms with Crippen LogP contribution in [0.4, 0.5) is 5.69 Å². The third kappa shape index (κ3) is 2.47. The number of hydrogen-bond acceptors (Lipinski definition) is 4. The van der Waals surface area contributed by atoms with Crippen molar-refractivity contribution in [2.75, 3.05) is 12.0 Å². The monoisotopic (exact) mass is 285 g/mol. The quantitative estimate of drug-likeness (QED) is 0.859. The molecule has 2 aromatic rings. The zero-order valence-corrected chi connectivity index (χ0v) is 12.0. The Hall–Kier alpha value is -2.07. The smallest absolute Gasteiger partial charge is 0.159 e. The van der Waals surface area contributed by atoms with Crippen LogP contribution in [-0.4, -0.2) is 12.9 Å². The predicted molar refractivity (Wildman–Crippen MR) is 81.3 cm³/mol. The van der Waals surface area contributed by atoms with Gasteiger partial charge in [0.25, 0.3) is 0 Å². The van der Waals surface area contributed by atoms with Gasteiger partial charge in [0, 0.05) is 23.2 Å². The van der Waals surface area contributed by atoms with Gasteiger partial charge in [-0.05, 0) is 41.8 Å². The van der Waals surface area contributed by atoms with Gasteiger partial charge in [-0.15, -0.1) is 11.3 Å². The molecule has 4 heteroatoms. The summed E-state index contributed by atoms with van der Waals surface area (Å²) in [7, 11) is 1.66. The van der Waals surface area contributed by atoms with Crippen molar-refractivity contribution in [2.45, 2.75) is 12.5 Å². The van der Waals surface area contributed by atoms with Crippen LogP contribution < -0.4 is 9.64 Å². The Morgan fingerprint density at radius 2 is 2.05 bits per heavy atom. The lowest BCUT2D eigenvalue weighted by Gasteiger charge is -2.32. The number of carbonyl (C=O) groups excluding carboxylic acids is 1. The van der Waals surface area contributed by atoms with Gasteiger partial charge < -0.3 is 9.64 Å². The van der Waals surface area contributed by atoms with E-state index in [9.17, 15) is 4.79 Å². The molecule has 3 rings (SSSR count). The Morgan fingerprint density at radius 1 is 1.25 bits per heavy atom. The molecule has 20 heavy (non-hydrogen) atoms. The molecule has 102 valence electrons. The summed E-state index contributed by atoms with van der Waals surface area (Å²) >= 11 is 1.69. The van der Waals surface area contributed by atoms with E-state index in [2.05, 4.69) is 11.0 Å². The molecule has 1 aromatic heterocycles. The number of nitrogens with zero attached hydrogens (tertiary/aromatic N) is 1. The number of anilines is 1. The molecule has 1 atom stereocenters. The number of hydrogen-bond donors (Lipinski definition) is 0. The van der Waals surface area contributed by atoms with Crippen molar-refractivity contribution in [2.24, 2.45) is 0 Å². The van der Waals surface area contributed by atoms with Crippen LogP contribution in [0.2, 0.25) is 0 Å². The Bertz CT molecular complexity index is 616. The van der Waals surface area contributed by atoms with Gasteiger partial charge in [0.1, 0.15) is 5.75 Å². The first-order chi connectivity index (χ1) is 9.78. The highest BCUT2D eigenvalue weighted by Crippen LogP contribution is 2.35. The molecule has 3 nitrogen and oxygen atoms in total. The van der Waals surface area contributed by atoms with Gasteiger partial charge in [-0.25, -0.2) is 0 Å². The number of thiophene rings is 1. The lowest BCUT2D eigenvalue weighted by atomic mass is 10.0. The lowest BCUT2D eigenvalue weighted by Crippen LogP contribution is -2.28. The summed E-state index contributed by atoms with van der Waals surface area (Å²) in [6, 6.07) is 12.1. The molecule has 0 saturated carbocycles. The highest BCUT2D eigenvalue weighted by Gasteiger charge is 2.25. The van der Waals surface area contributed by atoms with Gasteiger partial charge in [-0.2, -0.15) is 0 Å². The van der Waals surface area contributed by atoms with E-state index in [0.717, 1.165) is 11.4 Å². The van der Waals surface area contributed by atoms with Crippen molar-refractivity contribution >= 4 is 22.8 Å². The first-order valence-corrected chi connectivity index (χ1v) is 7.33. The maximum Gasteiger partial charge on any atom is 0.159 e. The van der Waals surface area contributed by atoms with E-state index in [4.69, 9.17) is 4.74 Å². The van der Waals surface area contributed by atoms with Crippen molar-refractivity contribution in [3.8, 4) is 5.75 Å². The average molecular weight is 285 g/mol. The first-order valence-electron chi connectivity index (χ1n) is 6.45. The predicted octanol–water partition coefficient (Wildman–Crippen LogP) is 3.79. The van der Waals surface area contributed by atoms with Gasteiger partial charge in [0.15, 0.2) is 5.78 Å². The Labute approximate surface area is 122 Å². The van der Waals surface area contributed by atoms with Crippen LogP contribution in [0.15, 0.2) is 54.1 Å². The van der Waals surface area contributed by atoms with Gasteiger partial charge in [0.2, 0.25) is 0 Å². The molecule has 2 heterocycles. The molecular weight excluding hydrogens is 270 g/mol. The van der Waals surface area contributed by atoms with E-state index in [1.165, 1.54) is 4.88 Å². The molecule has 0 aliphatic carbocycles. The van der Waals surface area contributed by atoms with Gasteiger partial charge in [0.05, 0.1) is 13.2 Å². The first kappa shape index (κ1) is 12.9. The van der Waals surface area contributed by atoms with Crippen LogP contribution in [0, 0.1) is 0 Å². The summed E-state index contributed by atoms with van der Waals surface area (Å²) in [5, 5.41) is 2.05. The number of ketones is 1. The summed E-state index contributed by atoms with van der Waals surface area (Å²) in [5.74, 6) is 1.01. The summed E-state index contributed by atoms with van der Waals surface area (Å²) in [6.07, 6.45) is 4.04. The minimum absolute atomic E-state index is 0.0842. The second-order valence-electron chi connectivity index (χ2n) is 4.62. The standard InChI is InChI=1S/C16H15NO2S/c1-19-14-6-4-12(5-7-14)17-9-8-13(18)11-15(17)16-3-2-10-20-16/h2-10,15H,11H2,1H3. The topological polar surface area (TPSA) is 29.5 Å². The van der Waals surface area contributed by atoms with E-state index in [1.807, 2.05) is 41.9 Å². The van der Waals surface area contributed by atoms with Crippen molar-refractivity contribution in [1.29, 1.82) is 0 Å². The third-order valence-corrected chi connectivity index (χ3v) is 4.37. The van der Waals surface area contributed by atoms with E-state index in [-0.39, 0.29) is 11.8 Å². The molecular formula is C16H15NO2S. The SMILES string of the molecule is COc1ccc(N2C=CC(=O)CC2c2cccs2)cc1. The molecule has 0 saturated heterocycles. The fraction of sp³-hybridized carbons (Fsp3) is 0.188. The lowest BCUT2D eigenvalue weighted by molar-refractivity contribution is -0.115. The third-order valence-electron chi connectivity index (χ3n) is 3.39. The number of allylic oxidation sites excluding steroid dienone is 1. The van der Waals surface area contributed by atoms with E-state index >= 15 is 0 Å². The number of ether oxygens (including phenoxy) is 1. The minimum atomic E-state index is 0.0842. The molecule has 1 unspecified atom stereocenters. The molecule has 0 N–H and O–H groups in total. The molecule has 0 bridgehead atoms. The van der Waals surface area contributed by atoms with E-state index in [1.54, 1.807) is 24.5 Å². The number of methoxy groups -OCH3 is 1. The molecule has 0 fully saturated rings. The number of benzene rings is 1. The zero-order chi connectivity index (χ0) is 13.9. The van der Waals surface area contributed by atoms with Gasteiger partial charge in [-0.3, -0.25) is 4.79 Å². The largest absolute Gasteiger partial charge is 0.497 e. The second kappa shape index (κ2) is 5.51. The van der Waals surface area contributed by atoms with Gasteiger partial charge >= 0.3 is 0 Å². The molecule has 0 radical (unpaired) electrons. The maximum absolute atomic E-state index is 11.7. The highest BCUT2D eigenvalue weighted by molar-refractivity contribution is 7.10. The van der Waals surface area contributed by atoms with Crippen LogP contribution in [0.5, 0.6) is 5.75 Å². The van der Waals surface area contributed by atoms with Crippen molar-refractivity contribution in [3.63, 3.8) is 0 Å². The van der Waals surface area contributed by atoms with Crippen molar-refractivity contribution in [1.82, 2.24) is 0 Å². The van der Waals surface area contributed by atoms with Crippen LogP contribution in [0.3, 0.4) is 0 Å². The summed E-state index contributed by atoms with van der Waals surface area (Å²) in [4.78, 5) is 15.1. The zero-order valence-electron chi connectivity index (χ0n) is 11.2. The Morgan fingerprint density at radius 3 is 2.70 bits per heavy atom. The summed E-state index contributed by atoms with van der Waals surface area (Å²) in [6.45, 7) is 0. The molecule has 1 aromatic carbocycles. The maximum atomic E-state index is 11.7. The summed E-state index contributed by atoms with van der Waals surface area (Å²) < 4.78 is 5.18. The fourth-order valence-electron chi connectivity index (χ4n) is 2.36.